The summed E-state index contributed by atoms with van der Waals surface area (Å²) in [6, 6.07) is 24.7. The first-order valence-electron chi connectivity index (χ1n) is 24.2. The van der Waals surface area contributed by atoms with Gasteiger partial charge in [-0.3, -0.25) is 28.8 Å². The summed E-state index contributed by atoms with van der Waals surface area (Å²) in [4.78, 5) is 82.0. The number of carbonyl (C=O) groups is 6. The topological polar surface area (TPSA) is 252 Å². The van der Waals surface area contributed by atoms with Crippen molar-refractivity contribution in [3.63, 3.8) is 0 Å². The maximum atomic E-state index is 14.1. The first-order valence-corrected chi connectivity index (χ1v) is 24.2. The highest BCUT2D eigenvalue weighted by molar-refractivity contribution is 6.13. The van der Waals surface area contributed by atoms with Gasteiger partial charge in [-0.1, -0.05) is 36.4 Å². The third-order valence-electron chi connectivity index (χ3n) is 13.5. The molecule has 0 saturated heterocycles. The predicted molar refractivity (Wildman–Crippen MR) is 272 cm³/mol. The van der Waals surface area contributed by atoms with Gasteiger partial charge in [-0.05, 0) is 104 Å². The number of nitrogens with one attached hydrogen (secondary N) is 5. The van der Waals surface area contributed by atoms with E-state index in [0.29, 0.717) is 76.6 Å². The molecule has 0 fully saturated rings. The molecule has 19 nitrogen and oxygen atoms in total. The normalized spacial score (nSPS) is 17.8. The molecule has 6 amide bonds. The van der Waals surface area contributed by atoms with E-state index in [4.69, 9.17) is 24.7 Å². The molecular formula is C54H58N8O11. The lowest BCUT2D eigenvalue weighted by Gasteiger charge is -2.26. The average molecular weight is 995 g/mol. The summed E-state index contributed by atoms with van der Waals surface area (Å²) in [5.74, 6) is -1.18. The fourth-order valence-corrected chi connectivity index (χ4v) is 9.79. The van der Waals surface area contributed by atoms with Crippen molar-refractivity contribution in [3.05, 3.63) is 124 Å². The molecule has 0 spiro atoms. The van der Waals surface area contributed by atoms with Gasteiger partial charge in [0.05, 0.1) is 48.8 Å². The van der Waals surface area contributed by atoms with Gasteiger partial charge in [-0.25, -0.2) is 0 Å². The highest BCUT2D eigenvalue weighted by atomic mass is 16.5. The zero-order valence-electron chi connectivity index (χ0n) is 40.9. The number of ether oxygens (including phenoxy) is 4. The molecule has 0 bridgehead atoms. The molecule has 4 aliphatic heterocycles. The lowest BCUT2D eigenvalue weighted by atomic mass is 10.1. The van der Waals surface area contributed by atoms with E-state index >= 15 is 0 Å². The minimum absolute atomic E-state index is 0.0269. The molecule has 5 aromatic rings. The molecular weight excluding hydrogens is 937 g/mol. The summed E-state index contributed by atoms with van der Waals surface area (Å²) in [6.07, 6.45) is 1.23. The zero-order chi connectivity index (χ0) is 51.5. The van der Waals surface area contributed by atoms with E-state index in [1.807, 2.05) is 59.5 Å². The summed E-state index contributed by atoms with van der Waals surface area (Å²) in [6.45, 7) is 3.44. The van der Waals surface area contributed by atoms with Gasteiger partial charge >= 0.3 is 0 Å². The maximum Gasteiger partial charge on any atom is 0.260 e. The molecule has 0 aliphatic carbocycles. The van der Waals surface area contributed by atoms with Gasteiger partial charge in [0.25, 0.3) is 11.8 Å². The van der Waals surface area contributed by atoms with Crippen molar-refractivity contribution in [2.24, 2.45) is 5.73 Å². The second-order valence-electron chi connectivity index (χ2n) is 18.6. The second kappa shape index (κ2) is 21.2. The van der Waals surface area contributed by atoms with Gasteiger partial charge in [-0.15, -0.1) is 0 Å². The molecule has 380 valence electrons. The highest BCUT2D eigenvalue weighted by Gasteiger charge is 2.42. The Kier molecular flexibility index (Phi) is 14.4. The fourth-order valence-electron chi connectivity index (χ4n) is 9.79. The minimum atomic E-state index is -1.09. The summed E-state index contributed by atoms with van der Waals surface area (Å²) < 4.78 is 24.3. The lowest BCUT2D eigenvalue weighted by Crippen LogP contribution is -2.50. The number of benzene rings is 5. The van der Waals surface area contributed by atoms with Crippen LogP contribution in [0.25, 0.3) is 0 Å². The lowest BCUT2D eigenvalue weighted by molar-refractivity contribution is -0.130. The monoisotopic (exact) mass is 994 g/mol. The average Bonchev–Trinajstić information content (AvgIpc) is 3.90. The van der Waals surface area contributed by atoms with Crippen LogP contribution < -0.4 is 61.1 Å². The number of nitrogens with zero attached hydrogens (tertiary/aromatic N) is 2. The van der Waals surface area contributed by atoms with Crippen molar-refractivity contribution in [2.45, 2.75) is 96.0 Å². The molecule has 19 heteroatoms. The molecule has 0 radical (unpaired) electrons. The Hall–Kier alpha value is -8.32. The van der Waals surface area contributed by atoms with Crippen LogP contribution in [0.1, 0.15) is 82.5 Å². The molecule has 0 saturated carbocycles. The first kappa shape index (κ1) is 49.7. The Balaban J connectivity index is 0.944. The summed E-state index contributed by atoms with van der Waals surface area (Å²) >= 11 is 0. The number of anilines is 5. The van der Waals surface area contributed by atoms with Crippen molar-refractivity contribution < 1.29 is 52.8 Å². The summed E-state index contributed by atoms with van der Waals surface area (Å²) in [5.41, 5.74) is 12.1. The van der Waals surface area contributed by atoms with Crippen LogP contribution in [-0.4, -0.2) is 91.7 Å². The molecule has 0 aromatic heterocycles. The number of nitrogens with two attached hydrogens (primary N) is 1. The van der Waals surface area contributed by atoms with Crippen LogP contribution in [0.5, 0.6) is 23.0 Å². The number of hydrogen-bond acceptors (Lipinski definition) is 13. The van der Waals surface area contributed by atoms with Crippen LogP contribution in [0.3, 0.4) is 0 Å². The van der Waals surface area contributed by atoms with Crippen molar-refractivity contribution in [3.8, 4) is 23.0 Å². The number of aliphatic hydroxyl groups excluding tert-OH is 1. The summed E-state index contributed by atoms with van der Waals surface area (Å²) in [5, 5.41) is 26.1. The van der Waals surface area contributed by atoms with Crippen LogP contribution in [0.15, 0.2) is 91.0 Å². The molecule has 9 rings (SSSR count). The van der Waals surface area contributed by atoms with E-state index in [2.05, 4.69) is 26.6 Å². The molecule has 5 aromatic carbocycles. The van der Waals surface area contributed by atoms with E-state index in [0.717, 1.165) is 28.9 Å². The Morgan fingerprint density at radius 3 is 1.90 bits per heavy atom. The third kappa shape index (κ3) is 10.5. The zero-order valence-corrected chi connectivity index (χ0v) is 40.9. The number of para-hydroxylation sites is 2. The fraction of sp³-hybridized carbons (Fsp3) is 0.333. The Morgan fingerprint density at radius 1 is 0.699 bits per heavy atom. The predicted octanol–water partition coefficient (Wildman–Crippen LogP) is 5.17. The number of unbranched alkanes of at least 4 members (excludes halogenated alkanes) is 1. The highest BCUT2D eigenvalue weighted by Crippen LogP contribution is 2.43. The maximum absolute atomic E-state index is 14.1. The van der Waals surface area contributed by atoms with E-state index < -0.39 is 42.1 Å². The molecule has 73 heavy (non-hydrogen) atoms. The number of carbonyl (C=O) groups excluding carboxylic acids is 6. The molecule has 4 aliphatic rings. The van der Waals surface area contributed by atoms with Crippen molar-refractivity contribution in [1.29, 1.82) is 0 Å². The number of rotatable bonds is 18. The number of aliphatic hydroxyl groups is 1. The first-order chi connectivity index (χ1) is 35.2. The van der Waals surface area contributed by atoms with Crippen molar-refractivity contribution >= 4 is 63.9 Å². The second-order valence-corrected chi connectivity index (χ2v) is 18.6. The van der Waals surface area contributed by atoms with Crippen LogP contribution in [-0.2, 0) is 45.2 Å². The van der Waals surface area contributed by atoms with Gasteiger partial charge in [0.1, 0.15) is 31.5 Å². The third-order valence-corrected chi connectivity index (χ3v) is 13.5. The van der Waals surface area contributed by atoms with Gasteiger partial charge < -0.3 is 66.2 Å². The Labute approximate surface area is 421 Å². The minimum Gasteiger partial charge on any atom is -0.493 e. The SMILES string of the molecule is COc1cc2c(cc1OCc1cc(COc3cc4c(cc3OC)C(=O)N3c5ccccc5C[C@H]3C(O)N4)cc(NC(=O)[C@@H](C)NC(=O)[C@H](C)NC(=O)CCCCC(N)=O)c1)NC[C@@H]1Cc3ccccc3N1C2=O. The number of fused-ring (bicyclic) bond motifs is 8. The van der Waals surface area contributed by atoms with Gasteiger partial charge in [0.2, 0.25) is 23.6 Å². The Morgan fingerprint density at radius 2 is 1.26 bits per heavy atom. The number of methoxy groups -OCH3 is 2. The smallest absolute Gasteiger partial charge is 0.260 e. The standard InChI is InChI=1S/C54H58N8O11/c1-29(57-49(64)16-10-9-15-48(55)63)50(65)58-30(2)51(66)59-35-18-31(27-72-46-24-39-37(22-44(46)70-3)53(68)61-36(26-56-39)20-33-11-5-7-13-41(33)61)17-32(19-35)28-73-47-25-40-38(23-45(47)71-4)54(69)62-42-14-8-6-12-34(42)21-43(62)52(67)60-40/h5-8,11-14,17-19,22-25,29-30,36,43,52,56,60,67H,9-10,15-16,20-21,26-28H2,1-4H3,(H2,55,63)(H,57,64)(H,58,65)(H,59,66)/t29-,30+,36-,43-,52?/m0/s1. The molecule has 5 atom stereocenters. The van der Waals surface area contributed by atoms with Crippen LogP contribution in [0, 0.1) is 0 Å². The van der Waals surface area contributed by atoms with Gasteiger partial charge in [0.15, 0.2) is 23.0 Å². The van der Waals surface area contributed by atoms with E-state index in [-0.39, 0.29) is 61.3 Å². The van der Waals surface area contributed by atoms with E-state index in [9.17, 15) is 33.9 Å². The number of primary amides is 1. The van der Waals surface area contributed by atoms with Crippen molar-refractivity contribution in [2.75, 3.05) is 46.5 Å². The van der Waals surface area contributed by atoms with E-state index in [1.165, 1.54) is 28.1 Å². The molecule has 4 heterocycles. The van der Waals surface area contributed by atoms with Gasteiger partial charge in [-0.2, -0.15) is 0 Å². The molecule has 8 N–H and O–H groups in total. The van der Waals surface area contributed by atoms with Crippen molar-refractivity contribution in [1.82, 2.24) is 10.6 Å². The Bertz CT molecular complexity index is 3000. The number of amides is 6. The van der Waals surface area contributed by atoms with Crippen LogP contribution in [0.2, 0.25) is 0 Å². The molecule has 1 unspecified atom stereocenters. The summed E-state index contributed by atoms with van der Waals surface area (Å²) in [7, 11) is 2.96. The van der Waals surface area contributed by atoms with Crippen LogP contribution >= 0.6 is 0 Å². The quantitative estimate of drug-likeness (QED) is 0.0561. The number of hydrogen-bond donors (Lipinski definition) is 7. The largest absolute Gasteiger partial charge is 0.493 e. The van der Waals surface area contributed by atoms with Crippen LogP contribution in [0.4, 0.5) is 28.4 Å². The van der Waals surface area contributed by atoms with Gasteiger partial charge in [0, 0.05) is 48.6 Å². The van der Waals surface area contributed by atoms with E-state index in [1.54, 1.807) is 41.3 Å².